The second kappa shape index (κ2) is 4.64. The van der Waals surface area contributed by atoms with Crippen LogP contribution < -0.4 is 5.73 Å². The Morgan fingerprint density at radius 1 is 1.25 bits per heavy atom. The van der Waals surface area contributed by atoms with Gasteiger partial charge in [0.15, 0.2) is 0 Å². The number of hydrogen-bond donors (Lipinski definition) is 1. The minimum atomic E-state index is 0.408. The minimum absolute atomic E-state index is 0.408. The summed E-state index contributed by atoms with van der Waals surface area (Å²) >= 11 is 5.92. The Morgan fingerprint density at radius 3 is 2.75 bits per heavy atom. The van der Waals surface area contributed by atoms with E-state index in [2.05, 4.69) is 30.1 Å². The van der Waals surface area contributed by atoms with E-state index in [-0.39, 0.29) is 0 Å². The van der Waals surface area contributed by atoms with Crippen LogP contribution in [0.1, 0.15) is 11.1 Å². The molecule has 0 aliphatic rings. The van der Waals surface area contributed by atoms with Gasteiger partial charge in [-0.25, -0.2) is 4.98 Å². The molecular weight excluding hydrogens is 220 g/mol. The Labute approximate surface area is 100 Å². The van der Waals surface area contributed by atoms with Gasteiger partial charge in [-0.3, -0.25) is 0 Å². The Morgan fingerprint density at radius 2 is 2.06 bits per heavy atom. The summed E-state index contributed by atoms with van der Waals surface area (Å²) in [7, 11) is 0. The summed E-state index contributed by atoms with van der Waals surface area (Å²) in [5, 5.41) is 0.485. The molecule has 3 heteroatoms. The lowest BCUT2D eigenvalue weighted by Crippen LogP contribution is -1.99. The molecule has 0 amide bonds. The SMILES string of the molecule is Cc1cccc(-c2cnc(Cl)c(CN)c2)c1. The molecule has 2 rings (SSSR count). The lowest BCUT2D eigenvalue weighted by atomic mass is 10.0. The first-order chi connectivity index (χ1) is 7.70. The van der Waals surface area contributed by atoms with Crippen LogP contribution in [0.25, 0.3) is 11.1 Å². The smallest absolute Gasteiger partial charge is 0.133 e. The van der Waals surface area contributed by atoms with Crippen molar-refractivity contribution in [3.63, 3.8) is 0 Å². The Kier molecular flexibility index (Phi) is 3.22. The van der Waals surface area contributed by atoms with Gasteiger partial charge in [0, 0.05) is 23.9 Å². The third-order valence-corrected chi connectivity index (χ3v) is 2.82. The molecule has 0 saturated heterocycles. The van der Waals surface area contributed by atoms with Crippen LogP contribution in [0.3, 0.4) is 0 Å². The summed E-state index contributed by atoms with van der Waals surface area (Å²) in [6.45, 7) is 2.47. The molecule has 0 atom stereocenters. The van der Waals surface area contributed by atoms with Crippen molar-refractivity contribution in [1.29, 1.82) is 0 Å². The molecular formula is C13H13ClN2. The van der Waals surface area contributed by atoms with Gasteiger partial charge in [0.05, 0.1) is 0 Å². The van der Waals surface area contributed by atoms with Crippen molar-refractivity contribution in [2.75, 3.05) is 0 Å². The molecule has 82 valence electrons. The molecule has 0 saturated carbocycles. The van der Waals surface area contributed by atoms with Crippen molar-refractivity contribution in [1.82, 2.24) is 4.98 Å². The summed E-state index contributed by atoms with van der Waals surface area (Å²) < 4.78 is 0. The molecule has 1 aromatic heterocycles. The van der Waals surface area contributed by atoms with E-state index in [0.29, 0.717) is 11.7 Å². The lowest BCUT2D eigenvalue weighted by molar-refractivity contribution is 1.05. The zero-order valence-electron chi connectivity index (χ0n) is 9.07. The van der Waals surface area contributed by atoms with E-state index >= 15 is 0 Å². The molecule has 0 unspecified atom stereocenters. The maximum Gasteiger partial charge on any atom is 0.133 e. The lowest BCUT2D eigenvalue weighted by Gasteiger charge is -2.06. The van der Waals surface area contributed by atoms with E-state index in [9.17, 15) is 0 Å². The molecule has 0 spiro atoms. The van der Waals surface area contributed by atoms with E-state index in [0.717, 1.165) is 16.7 Å². The molecule has 1 aromatic carbocycles. The highest BCUT2D eigenvalue weighted by Gasteiger charge is 2.03. The predicted octanol–water partition coefficient (Wildman–Crippen LogP) is 3.17. The van der Waals surface area contributed by atoms with E-state index in [1.54, 1.807) is 6.20 Å². The maximum atomic E-state index is 5.92. The van der Waals surface area contributed by atoms with Gasteiger partial charge in [0.25, 0.3) is 0 Å². The molecule has 0 radical (unpaired) electrons. The maximum absolute atomic E-state index is 5.92. The van der Waals surface area contributed by atoms with Crippen LogP contribution in [0.4, 0.5) is 0 Å². The normalized spacial score (nSPS) is 10.4. The van der Waals surface area contributed by atoms with Crippen molar-refractivity contribution in [3.8, 4) is 11.1 Å². The summed E-state index contributed by atoms with van der Waals surface area (Å²) in [4.78, 5) is 4.14. The first-order valence-electron chi connectivity index (χ1n) is 5.12. The fourth-order valence-corrected chi connectivity index (χ4v) is 1.80. The second-order valence-electron chi connectivity index (χ2n) is 3.75. The summed E-state index contributed by atoms with van der Waals surface area (Å²) in [6, 6.07) is 10.3. The highest BCUT2D eigenvalue weighted by atomic mass is 35.5. The number of aryl methyl sites for hydroxylation is 1. The van der Waals surface area contributed by atoms with Crippen molar-refractivity contribution in [2.24, 2.45) is 5.73 Å². The second-order valence-corrected chi connectivity index (χ2v) is 4.11. The fourth-order valence-electron chi connectivity index (χ4n) is 1.62. The van der Waals surface area contributed by atoms with Crippen molar-refractivity contribution >= 4 is 11.6 Å². The molecule has 2 nitrogen and oxygen atoms in total. The Balaban J connectivity index is 2.48. The third kappa shape index (κ3) is 2.23. The number of aromatic nitrogens is 1. The summed E-state index contributed by atoms with van der Waals surface area (Å²) in [5.74, 6) is 0. The molecule has 2 N–H and O–H groups in total. The van der Waals surface area contributed by atoms with Crippen LogP contribution in [-0.2, 0) is 6.54 Å². The first-order valence-corrected chi connectivity index (χ1v) is 5.50. The standard InChI is InChI=1S/C13H13ClN2/c1-9-3-2-4-10(5-9)12-6-11(7-15)13(14)16-8-12/h2-6,8H,7,15H2,1H3. The van der Waals surface area contributed by atoms with Crippen LogP contribution in [0.2, 0.25) is 5.15 Å². The van der Waals surface area contributed by atoms with Gasteiger partial charge >= 0.3 is 0 Å². The number of rotatable bonds is 2. The highest BCUT2D eigenvalue weighted by molar-refractivity contribution is 6.30. The van der Waals surface area contributed by atoms with Crippen LogP contribution in [0, 0.1) is 6.92 Å². The Hall–Kier alpha value is -1.38. The monoisotopic (exact) mass is 232 g/mol. The largest absolute Gasteiger partial charge is 0.326 e. The predicted molar refractivity (Wildman–Crippen MR) is 67.3 cm³/mol. The van der Waals surface area contributed by atoms with Crippen molar-refractivity contribution < 1.29 is 0 Å². The number of nitrogens with zero attached hydrogens (tertiary/aromatic N) is 1. The Bertz CT molecular complexity index is 509. The molecule has 0 fully saturated rings. The molecule has 0 aliphatic carbocycles. The first kappa shape index (κ1) is 11.1. The van der Waals surface area contributed by atoms with Gasteiger partial charge in [-0.05, 0) is 18.6 Å². The number of benzene rings is 1. The van der Waals surface area contributed by atoms with Gasteiger partial charge in [-0.15, -0.1) is 0 Å². The van der Waals surface area contributed by atoms with Crippen molar-refractivity contribution in [3.05, 3.63) is 52.8 Å². The quantitative estimate of drug-likeness (QED) is 0.808. The van der Waals surface area contributed by atoms with Crippen LogP contribution in [-0.4, -0.2) is 4.98 Å². The van der Waals surface area contributed by atoms with Crippen LogP contribution in [0.15, 0.2) is 36.5 Å². The van der Waals surface area contributed by atoms with Gasteiger partial charge in [-0.2, -0.15) is 0 Å². The number of pyridine rings is 1. The van der Waals surface area contributed by atoms with Gasteiger partial charge in [-0.1, -0.05) is 41.4 Å². The highest BCUT2D eigenvalue weighted by Crippen LogP contribution is 2.23. The molecule has 0 bridgehead atoms. The molecule has 1 heterocycles. The number of hydrogen-bond acceptors (Lipinski definition) is 2. The van der Waals surface area contributed by atoms with Crippen molar-refractivity contribution in [2.45, 2.75) is 13.5 Å². The molecule has 2 aromatic rings. The van der Waals surface area contributed by atoms with Crippen LogP contribution >= 0.6 is 11.6 Å². The molecule has 0 aliphatic heterocycles. The topological polar surface area (TPSA) is 38.9 Å². The molecule has 16 heavy (non-hydrogen) atoms. The third-order valence-electron chi connectivity index (χ3n) is 2.48. The summed E-state index contributed by atoms with van der Waals surface area (Å²) in [6.07, 6.45) is 1.77. The van der Waals surface area contributed by atoms with Gasteiger partial charge in [0.1, 0.15) is 5.15 Å². The summed E-state index contributed by atoms with van der Waals surface area (Å²) in [5.41, 5.74) is 9.89. The average molecular weight is 233 g/mol. The van der Waals surface area contributed by atoms with Gasteiger partial charge < -0.3 is 5.73 Å². The van der Waals surface area contributed by atoms with E-state index in [4.69, 9.17) is 17.3 Å². The average Bonchev–Trinajstić information content (AvgIpc) is 2.29. The van der Waals surface area contributed by atoms with Crippen LogP contribution in [0.5, 0.6) is 0 Å². The van der Waals surface area contributed by atoms with E-state index in [1.807, 2.05) is 12.1 Å². The van der Waals surface area contributed by atoms with Gasteiger partial charge in [0.2, 0.25) is 0 Å². The fraction of sp³-hybridized carbons (Fsp3) is 0.154. The number of halogens is 1. The zero-order chi connectivity index (χ0) is 11.5. The number of nitrogens with two attached hydrogens (primary N) is 1. The minimum Gasteiger partial charge on any atom is -0.326 e. The van der Waals surface area contributed by atoms with E-state index in [1.165, 1.54) is 5.56 Å². The zero-order valence-corrected chi connectivity index (χ0v) is 9.83. The van der Waals surface area contributed by atoms with E-state index < -0.39 is 0 Å².